The van der Waals surface area contributed by atoms with Crippen molar-refractivity contribution in [2.45, 2.75) is 32.7 Å². The van der Waals surface area contributed by atoms with Crippen LogP contribution in [0.5, 0.6) is 5.75 Å². The number of carbonyl (C=O) groups excluding carboxylic acids is 1. The van der Waals surface area contributed by atoms with Crippen LogP contribution in [0.25, 0.3) is 0 Å². The summed E-state index contributed by atoms with van der Waals surface area (Å²) in [6.07, 6.45) is 1.82. The molecule has 2 heterocycles. The average Bonchev–Trinajstić information content (AvgIpc) is 3.21. The molecule has 0 aliphatic carbocycles. The highest BCUT2D eigenvalue weighted by molar-refractivity contribution is 5.94. The number of hydrogen-bond donors (Lipinski definition) is 0. The number of nitrogens with zero attached hydrogens (tertiary/aromatic N) is 3. The maximum Gasteiger partial charge on any atom is 0.254 e. The van der Waals surface area contributed by atoms with Crippen LogP contribution >= 0.6 is 0 Å². The summed E-state index contributed by atoms with van der Waals surface area (Å²) in [5.41, 5.74) is 3.08. The minimum atomic E-state index is -0.0666. The second-order valence-corrected chi connectivity index (χ2v) is 6.16. The zero-order chi connectivity index (χ0) is 17.1. The van der Waals surface area contributed by atoms with Gasteiger partial charge in [0.1, 0.15) is 23.7 Å². The Morgan fingerprint density at radius 2 is 2.12 bits per heavy atom. The van der Waals surface area contributed by atoms with Crippen molar-refractivity contribution in [1.82, 2.24) is 15.2 Å². The molecule has 0 spiro atoms. The van der Waals surface area contributed by atoms with Crippen molar-refractivity contribution < 1.29 is 14.2 Å². The summed E-state index contributed by atoms with van der Waals surface area (Å²) in [6, 6.07) is 7.13. The van der Waals surface area contributed by atoms with E-state index >= 15 is 0 Å². The lowest BCUT2D eigenvalue weighted by atomic mass is 10.1. The van der Waals surface area contributed by atoms with Crippen LogP contribution in [0.1, 0.15) is 47.6 Å². The van der Waals surface area contributed by atoms with Crippen LogP contribution in [-0.4, -0.2) is 34.3 Å². The average molecular weight is 327 g/mol. The van der Waals surface area contributed by atoms with E-state index in [4.69, 9.17) is 9.37 Å². The van der Waals surface area contributed by atoms with Gasteiger partial charge in [0.25, 0.3) is 5.91 Å². The maximum absolute atomic E-state index is 12.8. The number of benzene rings is 1. The van der Waals surface area contributed by atoms with Gasteiger partial charge in [-0.25, -0.2) is 4.63 Å². The molecule has 126 valence electrons. The van der Waals surface area contributed by atoms with Crippen molar-refractivity contribution in [3.05, 3.63) is 53.4 Å². The number of carbonyl (C=O) groups is 1. The molecule has 1 unspecified atom stereocenters. The zero-order valence-electron chi connectivity index (χ0n) is 14.0. The molecule has 6 heteroatoms. The van der Waals surface area contributed by atoms with Crippen LogP contribution in [0.15, 0.2) is 41.0 Å². The summed E-state index contributed by atoms with van der Waals surface area (Å²) < 4.78 is 10.4. The minimum absolute atomic E-state index is 0.00801. The third-order valence-corrected chi connectivity index (χ3v) is 4.10. The maximum atomic E-state index is 12.8. The van der Waals surface area contributed by atoms with Crippen LogP contribution in [0.4, 0.5) is 0 Å². The van der Waals surface area contributed by atoms with Crippen molar-refractivity contribution in [2.24, 2.45) is 0 Å². The smallest absolute Gasteiger partial charge is 0.254 e. The first kappa shape index (κ1) is 16.2. The zero-order valence-corrected chi connectivity index (χ0v) is 14.0. The SMILES string of the molecule is C=C(C)COc1ccc(C(=O)N2CCCC2c2nonc2C)cc1. The van der Waals surface area contributed by atoms with Crippen LogP contribution in [0.3, 0.4) is 0 Å². The van der Waals surface area contributed by atoms with Gasteiger partial charge in [-0.05, 0) is 56.5 Å². The third-order valence-electron chi connectivity index (χ3n) is 4.10. The molecule has 6 nitrogen and oxygen atoms in total. The van der Waals surface area contributed by atoms with Gasteiger partial charge in [-0.1, -0.05) is 16.9 Å². The summed E-state index contributed by atoms with van der Waals surface area (Å²) in [6.45, 7) is 8.74. The highest BCUT2D eigenvalue weighted by atomic mass is 16.6. The summed E-state index contributed by atoms with van der Waals surface area (Å²) in [4.78, 5) is 14.7. The Balaban J connectivity index is 1.73. The van der Waals surface area contributed by atoms with Crippen LogP contribution < -0.4 is 4.74 Å². The van der Waals surface area contributed by atoms with Gasteiger partial charge in [-0.3, -0.25) is 4.79 Å². The van der Waals surface area contributed by atoms with E-state index in [1.54, 1.807) is 12.1 Å². The van der Waals surface area contributed by atoms with E-state index in [1.165, 1.54) is 0 Å². The normalized spacial score (nSPS) is 17.1. The molecule has 1 saturated heterocycles. The molecule has 1 aromatic carbocycles. The molecule has 1 aromatic heterocycles. The molecule has 1 amide bonds. The molecule has 1 fully saturated rings. The molecule has 0 saturated carbocycles. The molecule has 1 aliphatic heterocycles. The van der Waals surface area contributed by atoms with Gasteiger partial charge in [-0.15, -0.1) is 0 Å². The summed E-state index contributed by atoms with van der Waals surface area (Å²) in [5, 5.41) is 7.80. The second kappa shape index (κ2) is 6.86. The third kappa shape index (κ3) is 3.32. The fraction of sp³-hybridized carbons (Fsp3) is 0.389. The first-order valence-electron chi connectivity index (χ1n) is 8.03. The van der Waals surface area contributed by atoms with E-state index < -0.39 is 0 Å². The van der Waals surface area contributed by atoms with Crippen LogP contribution in [0.2, 0.25) is 0 Å². The summed E-state index contributed by atoms with van der Waals surface area (Å²) >= 11 is 0. The number of aryl methyl sites for hydroxylation is 1. The first-order valence-corrected chi connectivity index (χ1v) is 8.03. The van der Waals surface area contributed by atoms with Crippen molar-refractivity contribution in [1.29, 1.82) is 0 Å². The molecular formula is C18H21N3O3. The number of rotatable bonds is 5. The van der Waals surface area contributed by atoms with Crippen LogP contribution in [-0.2, 0) is 0 Å². The van der Waals surface area contributed by atoms with Crippen molar-refractivity contribution in [3.8, 4) is 5.75 Å². The standard InChI is InChI=1S/C18H21N3O3/c1-12(2)11-23-15-8-6-14(7-9-15)18(22)21-10-4-5-16(21)17-13(3)19-24-20-17/h6-9,16H,1,4-5,10-11H2,2-3H3. The fourth-order valence-corrected chi connectivity index (χ4v) is 2.90. The van der Waals surface area contributed by atoms with Crippen molar-refractivity contribution in [3.63, 3.8) is 0 Å². The lowest BCUT2D eigenvalue weighted by molar-refractivity contribution is 0.0730. The van der Waals surface area contributed by atoms with E-state index in [0.29, 0.717) is 18.7 Å². The molecule has 0 radical (unpaired) electrons. The van der Waals surface area contributed by atoms with E-state index in [2.05, 4.69) is 16.9 Å². The van der Waals surface area contributed by atoms with Gasteiger partial charge in [0.15, 0.2) is 0 Å². The van der Waals surface area contributed by atoms with E-state index in [1.807, 2.05) is 30.9 Å². The molecular weight excluding hydrogens is 306 g/mol. The van der Waals surface area contributed by atoms with Gasteiger partial charge >= 0.3 is 0 Å². The molecule has 2 aromatic rings. The van der Waals surface area contributed by atoms with E-state index in [0.717, 1.165) is 35.6 Å². The Morgan fingerprint density at radius 3 is 2.75 bits per heavy atom. The number of likely N-dealkylation sites (tertiary alicyclic amines) is 1. The highest BCUT2D eigenvalue weighted by Crippen LogP contribution is 2.33. The van der Waals surface area contributed by atoms with Crippen molar-refractivity contribution >= 4 is 5.91 Å². The predicted molar refractivity (Wildman–Crippen MR) is 88.8 cm³/mol. The quantitative estimate of drug-likeness (QED) is 0.788. The molecule has 3 rings (SSSR count). The van der Waals surface area contributed by atoms with Crippen molar-refractivity contribution in [2.75, 3.05) is 13.2 Å². The van der Waals surface area contributed by atoms with Gasteiger partial charge in [0.05, 0.1) is 6.04 Å². The first-order chi connectivity index (χ1) is 11.6. The molecule has 24 heavy (non-hydrogen) atoms. The largest absolute Gasteiger partial charge is 0.489 e. The number of ether oxygens (including phenoxy) is 1. The second-order valence-electron chi connectivity index (χ2n) is 6.16. The lowest BCUT2D eigenvalue weighted by Gasteiger charge is -2.23. The van der Waals surface area contributed by atoms with E-state index in [9.17, 15) is 4.79 Å². The molecule has 0 N–H and O–H groups in total. The summed E-state index contributed by atoms with van der Waals surface area (Å²) in [7, 11) is 0. The number of hydrogen-bond acceptors (Lipinski definition) is 5. The molecule has 1 atom stereocenters. The Bertz CT molecular complexity index is 736. The van der Waals surface area contributed by atoms with Gasteiger partial charge in [-0.2, -0.15) is 0 Å². The fourth-order valence-electron chi connectivity index (χ4n) is 2.90. The van der Waals surface area contributed by atoms with Gasteiger partial charge < -0.3 is 9.64 Å². The Kier molecular flexibility index (Phi) is 4.64. The molecule has 0 bridgehead atoms. The number of amides is 1. The van der Waals surface area contributed by atoms with Gasteiger partial charge in [0, 0.05) is 12.1 Å². The Morgan fingerprint density at radius 1 is 1.38 bits per heavy atom. The Labute approximate surface area is 141 Å². The topological polar surface area (TPSA) is 68.5 Å². The highest BCUT2D eigenvalue weighted by Gasteiger charge is 2.33. The van der Waals surface area contributed by atoms with E-state index in [-0.39, 0.29) is 11.9 Å². The monoisotopic (exact) mass is 327 g/mol. The van der Waals surface area contributed by atoms with Crippen LogP contribution in [0, 0.1) is 6.92 Å². The predicted octanol–water partition coefficient (Wildman–Crippen LogP) is 3.31. The Hall–Kier alpha value is -2.63. The lowest BCUT2D eigenvalue weighted by Crippen LogP contribution is -2.31. The molecule has 1 aliphatic rings. The number of aromatic nitrogens is 2. The summed E-state index contributed by atoms with van der Waals surface area (Å²) in [5.74, 6) is 0.718. The minimum Gasteiger partial charge on any atom is -0.489 e. The van der Waals surface area contributed by atoms with Gasteiger partial charge in [0.2, 0.25) is 0 Å².